The summed E-state index contributed by atoms with van der Waals surface area (Å²) in [4.78, 5) is 13.1. The first-order valence-corrected chi connectivity index (χ1v) is 5.13. The number of hydrogen-bond acceptors (Lipinski definition) is 2. The number of rotatable bonds is 5. The highest BCUT2D eigenvalue weighted by molar-refractivity contribution is 5.58. The van der Waals surface area contributed by atoms with Crippen molar-refractivity contribution in [3.63, 3.8) is 0 Å². The number of nitrogens with zero attached hydrogens (tertiary/aromatic N) is 1. The average molecular weight is 183 g/mol. The maximum absolute atomic E-state index is 10.7. The molecule has 76 valence electrons. The summed E-state index contributed by atoms with van der Waals surface area (Å²) in [5.74, 6) is 0.882. The van der Waals surface area contributed by atoms with E-state index in [1.54, 1.807) is 0 Å². The van der Waals surface area contributed by atoms with Crippen LogP contribution in [0.5, 0.6) is 0 Å². The molecular formula is C11H21NO. The highest BCUT2D eigenvalue weighted by atomic mass is 16.1. The Morgan fingerprint density at radius 2 is 2.08 bits per heavy atom. The van der Waals surface area contributed by atoms with Gasteiger partial charge in [-0.15, -0.1) is 0 Å². The van der Waals surface area contributed by atoms with Crippen molar-refractivity contribution in [3.05, 3.63) is 0 Å². The van der Waals surface area contributed by atoms with E-state index in [9.17, 15) is 4.79 Å². The zero-order valence-electron chi connectivity index (χ0n) is 9.21. The molecule has 2 nitrogen and oxygen atoms in total. The quantitative estimate of drug-likeness (QED) is 0.607. The molecule has 0 radical (unpaired) electrons. The fourth-order valence-electron chi connectivity index (χ4n) is 1.76. The molecular weight excluding hydrogens is 162 g/mol. The minimum absolute atomic E-state index is 0.197. The molecule has 1 unspecified atom stereocenters. The lowest BCUT2D eigenvalue weighted by atomic mass is 9.94. The number of carbonyl (C=O) groups excluding carboxylic acids is 1. The summed E-state index contributed by atoms with van der Waals surface area (Å²) in [5, 5.41) is 0. The normalized spacial score (nSPS) is 20.4. The molecule has 1 saturated carbocycles. The van der Waals surface area contributed by atoms with Gasteiger partial charge in [-0.05, 0) is 32.7 Å². The van der Waals surface area contributed by atoms with E-state index in [-0.39, 0.29) is 5.41 Å². The van der Waals surface area contributed by atoms with Crippen LogP contribution in [-0.4, -0.2) is 30.8 Å². The van der Waals surface area contributed by atoms with Crippen molar-refractivity contribution in [2.75, 3.05) is 13.6 Å². The van der Waals surface area contributed by atoms with Crippen molar-refractivity contribution >= 4 is 6.29 Å². The van der Waals surface area contributed by atoms with Crippen LogP contribution in [0.2, 0.25) is 0 Å². The van der Waals surface area contributed by atoms with E-state index >= 15 is 0 Å². The van der Waals surface area contributed by atoms with Crippen LogP contribution in [0.3, 0.4) is 0 Å². The van der Waals surface area contributed by atoms with Crippen molar-refractivity contribution < 1.29 is 4.79 Å². The zero-order valence-corrected chi connectivity index (χ0v) is 9.21. The van der Waals surface area contributed by atoms with E-state index in [1.165, 1.54) is 12.8 Å². The van der Waals surface area contributed by atoms with E-state index in [0.717, 1.165) is 18.7 Å². The second-order valence-electron chi connectivity index (χ2n) is 5.10. The molecule has 0 saturated heterocycles. The number of aldehydes is 1. The summed E-state index contributed by atoms with van der Waals surface area (Å²) in [7, 11) is 2.12. The molecule has 0 heterocycles. The Morgan fingerprint density at radius 1 is 1.54 bits per heavy atom. The summed E-state index contributed by atoms with van der Waals surface area (Å²) in [6.45, 7) is 7.12. The standard InChI is InChI=1S/C11H21NO/c1-9(10-5-6-10)12(4)7-11(2,3)8-13/h8-10H,5-7H2,1-4H3. The van der Waals surface area contributed by atoms with Gasteiger partial charge in [-0.25, -0.2) is 0 Å². The van der Waals surface area contributed by atoms with Crippen LogP contribution in [0.15, 0.2) is 0 Å². The minimum Gasteiger partial charge on any atom is -0.303 e. The molecule has 0 aromatic carbocycles. The SMILES string of the molecule is CC(C1CC1)N(C)CC(C)(C)C=O. The molecule has 13 heavy (non-hydrogen) atoms. The van der Waals surface area contributed by atoms with Crippen LogP contribution in [0.4, 0.5) is 0 Å². The lowest BCUT2D eigenvalue weighted by molar-refractivity contribution is -0.115. The first-order chi connectivity index (χ1) is 5.96. The molecule has 0 aliphatic heterocycles. The van der Waals surface area contributed by atoms with Gasteiger partial charge in [0.05, 0.1) is 0 Å². The summed E-state index contributed by atoms with van der Waals surface area (Å²) >= 11 is 0. The van der Waals surface area contributed by atoms with Crippen LogP contribution in [-0.2, 0) is 4.79 Å². The van der Waals surface area contributed by atoms with E-state index in [4.69, 9.17) is 0 Å². The van der Waals surface area contributed by atoms with Gasteiger partial charge in [-0.1, -0.05) is 13.8 Å². The summed E-state index contributed by atoms with van der Waals surface area (Å²) in [6.07, 6.45) is 3.79. The molecule has 0 aromatic heterocycles. The van der Waals surface area contributed by atoms with Crippen molar-refractivity contribution in [2.24, 2.45) is 11.3 Å². The summed E-state index contributed by atoms with van der Waals surface area (Å²) in [5.41, 5.74) is -0.197. The summed E-state index contributed by atoms with van der Waals surface area (Å²) in [6, 6.07) is 0.638. The van der Waals surface area contributed by atoms with Crippen LogP contribution < -0.4 is 0 Å². The van der Waals surface area contributed by atoms with Crippen LogP contribution >= 0.6 is 0 Å². The second kappa shape index (κ2) is 3.79. The van der Waals surface area contributed by atoms with Gasteiger partial charge in [0, 0.05) is 18.0 Å². The average Bonchev–Trinajstić information content (AvgIpc) is 2.85. The smallest absolute Gasteiger partial charge is 0.126 e. The first-order valence-electron chi connectivity index (χ1n) is 5.13. The third-order valence-corrected chi connectivity index (χ3v) is 2.98. The molecule has 1 atom stereocenters. The van der Waals surface area contributed by atoms with Gasteiger partial charge in [0.25, 0.3) is 0 Å². The molecule has 0 N–H and O–H groups in total. The summed E-state index contributed by atoms with van der Waals surface area (Å²) < 4.78 is 0. The van der Waals surface area contributed by atoms with Gasteiger partial charge in [0.2, 0.25) is 0 Å². The third kappa shape index (κ3) is 3.11. The van der Waals surface area contributed by atoms with Crippen molar-refractivity contribution in [3.8, 4) is 0 Å². The van der Waals surface area contributed by atoms with Crippen molar-refractivity contribution in [2.45, 2.75) is 39.7 Å². The molecule has 0 amide bonds. The molecule has 2 heteroatoms. The van der Waals surface area contributed by atoms with Crippen LogP contribution in [0.25, 0.3) is 0 Å². The Morgan fingerprint density at radius 3 is 2.46 bits per heavy atom. The lowest BCUT2D eigenvalue weighted by Crippen LogP contribution is -2.39. The fourth-order valence-corrected chi connectivity index (χ4v) is 1.76. The van der Waals surface area contributed by atoms with Crippen LogP contribution in [0.1, 0.15) is 33.6 Å². The molecule has 1 aliphatic carbocycles. The van der Waals surface area contributed by atoms with E-state index in [2.05, 4.69) is 18.9 Å². The van der Waals surface area contributed by atoms with E-state index in [0.29, 0.717) is 6.04 Å². The minimum atomic E-state index is -0.197. The van der Waals surface area contributed by atoms with Gasteiger partial charge in [-0.3, -0.25) is 0 Å². The zero-order chi connectivity index (χ0) is 10.1. The predicted molar refractivity (Wildman–Crippen MR) is 54.7 cm³/mol. The third-order valence-electron chi connectivity index (χ3n) is 2.98. The van der Waals surface area contributed by atoms with Crippen molar-refractivity contribution in [1.29, 1.82) is 0 Å². The van der Waals surface area contributed by atoms with E-state index in [1.807, 2.05) is 13.8 Å². The Balaban J connectivity index is 2.38. The topological polar surface area (TPSA) is 20.3 Å². The monoisotopic (exact) mass is 183 g/mol. The lowest BCUT2D eigenvalue weighted by Gasteiger charge is -2.30. The highest BCUT2D eigenvalue weighted by Gasteiger charge is 2.32. The van der Waals surface area contributed by atoms with Gasteiger partial charge in [0.1, 0.15) is 6.29 Å². The molecule has 0 spiro atoms. The molecule has 0 bridgehead atoms. The second-order valence-corrected chi connectivity index (χ2v) is 5.10. The fraction of sp³-hybridized carbons (Fsp3) is 0.909. The molecule has 1 aliphatic rings. The number of hydrogen-bond donors (Lipinski definition) is 0. The molecule has 0 aromatic rings. The Kier molecular flexibility index (Phi) is 3.12. The maximum atomic E-state index is 10.7. The van der Waals surface area contributed by atoms with E-state index < -0.39 is 0 Å². The molecule has 1 fully saturated rings. The predicted octanol–water partition coefficient (Wildman–Crippen LogP) is 1.94. The first kappa shape index (κ1) is 10.7. The Labute approximate surface area is 81.3 Å². The highest BCUT2D eigenvalue weighted by Crippen LogP contribution is 2.35. The maximum Gasteiger partial charge on any atom is 0.126 e. The van der Waals surface area contributed by atoms with Gasteiger partial charge >= 0.3 is 0 Å². The Bertz CT molecular complexity index is 185. The number of carbonyl (C=O) groups is 1. The Hall–Kier alpha value is -0.370. The van der Waals surface area contributed by atoms with Gasteiger partial charge in [-0.2, -0.15) is 0 Å². The van der Waals surface area contributed by atoms with Gasteiger partial charge < -0.3 is 9.69 Å². The van der Waals surface area contributed by atoms with Crippen molar-refractivity contribution in [1.82, 2.24) is 4.90 Å². The van der Waals surface area contributed by atoms with Gasteiger partial charge in [0.15, 0.2) is 0 Å². The largest absolute Gasteiger partial charge is 0.303 e. The molecule has 1 rings (SSSR count). The van der Waals surface area contributed by atoms with Crippen LogP contribution in [0, 0.1) is 11.3 Å².